The number of carbonyl (C=O) groups is 2. The summed E-state index contributed by atoms with van der Waals surface area (Å²) in [5.74, 6) is -0.812. The molecule has 98 valence electrons. The molecule has 0 fully saturated rings. The number of hydrogen-bond donors (Lipinski definition) is 2. The molecule has 1 aromatic rings. The van der Waals surface area contributed by atoms with Crippen molar-refractivity contribution < 1.29 is 24.2 Å². The molecule has 0 aliphatic heterocycles. The van der Waals surface area contributed by atoms with Crippen molar-refractivity contribution in [2.45, 2.75) is 19.4 Å². The Labute approximate surface area is 104 Å². The van der Waals surface area contributed by atoms with Gasteiger partial charge >= 0.3 is 5.97 Å². The molecule has 0 saturated carbocycles. The molecular formula is C12H15NO5. The highest BCUT2D eigenvalue weighted by Gasteiger charge is 2.14. The number of carbonyl (C=O) groups excluding carboxylic acids is 1. The highest BCUT2D eigenvalue weighted by atomic mass is 16.5. The lowest BCUT2D eigenvalue weighted by molar-refractivity contribution is -0.138. The Kier molecular flexibility index (Phi) is 4.53. The summed E-state index contributed by atoms with van der Waals surface area (Å²) < 4.78 is 10.5. The van der Waals surface area contributed by atoms with Gasteiger partial charge in [0.1, 0.15) is 6.10 Å². The monoisotopic (exact) mass is 253 g/mol. The molecule has 18 heavy (non-hydrogen) atoms. The number of rotatable bonds is 6. The highest BCUT2D eigenvalue weighted by molar-refractivity contribution is 5.93. The van der Waals surface area contributed by atoms with Crippen molar-refractivity contribution in [3.05, 3.63) is 23.8 Å². The molecule has 0 radical (unpaired) electrons. The third kappa shape index (κ3) is 3.65. The van der Waals surface area contributed by atoms with Crippen LogP contribution in [0.2, 0.25) is 0 Å². The number of amides is 1. The first-order chi connectivity index (χ1) is 8.43. The van der Waals surface area contributed by atoms with E-state index in [2.05, 4.69) is 0 Å². The molecule has 0 aliphatic carbocycles. The van der Waals surface area contributed by atoms with Crippen LogP contribution in [0.15, 0.2) is 18.2 Å². The van der Waals surface area contributed by atoms with Crippen LogP contribution in [0.5, 0.6) is 11.5 Å². The van der Waals surface area contributed by atoms with Crippen molar-refractivity contribution in [2.24, 2.45) is 5.73 Å². The molecule has 1 rings (SSSR count). The van der Waals surface area contributed by atoms with Crippen LogP contribution < -0.4 is 15.2 Å². The summed E-state index contributed by atoms with van der Waals surface area (Å²) in [7, 11) is 1.43. The van der Waals surface area contributed by atoms with Crippen LogP contribution in [-0.4, -0.2) is 30.2 Å². The van der Waals surface area contributed by atoms with Crippen LogP contribution in [0.25, 0.3) is 0 Å². The number of benzene rings is 1. The van der Waals surface area contributed by atoms with Crippen LogP contribution >= 0.6 is 0 Å². The number of carboxylic acids is 1. The van der Waals surface area contributed by atoms with E-state index in [1.165, 1.54) is 25.3 Å². The summed E-state index contributed by atoms with van der Waals surface area (Å²) in [6, 6.07) is 4.47. The lowest BCUT2D eigenvalue weighted by Crippen LogP contribution is -2.17. The average Bonchev–Trinajstić information content (AvgIpc) is 2.27. The maximum Gasteiger partial charge on any atom is 0.307 e. The Bertz CT molecular complexity index is 458. The van der Waals surface area contributed by atoms with Gasteiger partial charge in [-0.1, -0.05) is 0 Å². The standard InChI is InChI=1S/C12H15NO5/c1-7(5-11(14)15)18-9-4-3-8(12(13)16)6-10(9)17-2/h3-4,6-7H,5H2,1-2H3,(H2,13,16)(H,14,15). The number of methoxy groups -OCH3 is 1. The first-order valence-electron chi connectivity index (χ1n) is 5.30. The van der Waals surface area contributed by atoms with Gasteiger partial charge in [-0.25, -0.2) is 0 Å². The van der Waals surface area contributed by atoms with Gasteiger partial charge in [0, 0.05) is 5.56 Å². The first kappa shape index (κ1) is 13.8. The summed E-state index contributed by atoms with van der Waals surface area (Å²) in [4.78, 5) is 21.5. The van der Waals surface area contributed by atoms with Gasteiger partial charge in [0.15, 0.2) is 11.5 Å². The second-order valence-electron chi connectivity index (χ2n) is 3.76. The zero-order chi connectivity index (χ0) is 13.7. The Morgan fingerprint density at radius 3 is 2.56 bits per heavy atom. The van der Waals surface area contributed by atoms with E-state index in [4.69, 9.17) is 20.3 Å². The molecule has 0 aromatic heterocycles. The fraction of sp³-hybridized carbons (Fsp3) is 0.333. The summed E-state index contributed by atoms with van der Waals surface area (Å²) in [6.45, 7) is 1.63. The smallest absolute Gasteiger partial charge is 0.307 e. The first-order valence-corrected chi connectivity index (χ1v) is 5.30. The molecule has 0 bridgehead atoms. The van der Waals surface area contributed by atoms with E-state index in [9.17, 15) is 9.59 Å². The van der Waals surface area contributed by atoms with Gasteiger partial charge in [-0.05, 0) is 25.1 Å². The van der Waals surface area contributed by atoms with Gasteiger partial charge < -0.3 is 20.3 Å². The normalized spacial score (nSPS) is 11.7. The summed E-state index contributed by atoms with van der Waals surface area (Å²) in [5.41, 5.74) is 5.44. The van der Waals surface area contributed by atoms with Crippen molar-refractivity contribution in [3.8, 4) is 11.5 Å². The molecule has 6 heteroatoms. The Morgan fingerprint density at radius 1 is 1.39 bits per heavy atom. The van der Waals surface area contributed by atoms with Crippen LogP contribution in [0.1, 0.15) is 23.7 Å². The number of ether oxygens (including phenoxy) is 2. The van der Waals surface area contributed by atoms with Crippen molar-refractivity contribution in [1.82, 2.24) is 0 Å². The quantitative estimate of drug-likeness (QED) is 0.789. The minimum atomic E-state index is -0.949. The predicted octanol–water partition coefficient (Wildman–Crippen LogP) is 1.04. The molecule has 3 N–H and O–H groups in total. The summed E-state index contributed by atoms with van der Waals surface area (Å²) in [5, 5.41) is 8.63. The Morgan fingerprint density at radius 2 is 2.06 bits per heavy atom. The topological polar surface area (TPSA) is 98.9 Å². The molecule has 1 unspecified atom stereocenters. The fourth-order valence-corrected chi connectivity index (χ4v) is 1.42. The van der Waals surface area contributed by atoms with Crippen molar-refractivity contribution in [2.75, 3.05) is 7.11 Å². The maximum atomic E-state index is 11.0. The summed E-state index contributed by atoms with van der Waals surface area (Å²) >= 11 is 0. The van der Waals surface area contributed by atoms with Crippen molar-refractivity contribution >= 4 is 11.9 Å². The van der Waals surface area contributed by atoms with Gasteiger partial charge in [-0.2, -0.15) is 0 Å². The molecule has 1 aromatic carbocycles. The second-order valence-corrected chi connectivity index (χ2v) is 3.76. The molecule has 1 amide bonds. The van der Waals surface area contributed by atoms with Crippen molar-refractivity contribution in [3.63, 3.8) is 0 Å². The van der Waals surface area contributed by atoms with E-state index in [1.54, 1.807) is 6.92 Å². The van der Waals surface area contributed by atoms with E-state index in [0.717, 1.165) is 0 Å². The molecule has 1 atom stereocenters. The molecule has 0 spiro atoms. The minimum absolute atomic E-state index is 0.124. The van der Waals surface area contributed by atoms with Crippen molar-refractivity contribution in [1.29, 1.82) is 0 Å². The van der Waals surface area contributed by atoms with Gasteiger partial charge in [-0.3, -0.25) is 9.59 Å². The minimum Gasteiger partial charge on any atom is -0.493 e. The third-order valence-electron chi connectivity index (χ3n) is 2.24. The predicted molar refractivity (Wildman–Crippen MR) is 63.9 cm³/mol. The fourth-order valence-electron chi connectivity index (χ4n) is 1.42. The SMILES string of the molecule is COc1cc(C(N)=O)ccc1OC(C)CC(=O)O. The zero-order valence-electron chi connectivity index (χ0n) is 10.2. The second kappa shape index (κ2) is 5.90. The van der Waals surface area contributed by atoms with Gasteiger partial charge in [0.25, 0.3) is 0 Å². The van der Waals surface area contributed by atoms with Gasteiger partial charge in [0.05, 0.1) is 13.5 Å². The number of hydrogen-bond acceptors (Lipinski definition) is 4. The summed E-state index contributed by atoms with van der Waals surface area (Å²) in [6.07, 6.45) is -0.628. The number of primary amides is 1. The van der Waals surface area contributed by atoms with E-state index in [0.29, 0.717) is 17.1 Å². The lowest BCUT2D eigenvalue weighted by atomic mass is 10.2. The van der Waals surface area contributed by atoms with Crippen LogP contribution in [-0.2, 0) is 4.79 Å². The van der Waals surface area contributed by atoms with E-state index in [-0.39, 0.29) is 6.42 Å². The van der Waals surface area contributed by atoms with E-state index < -0.39 is 18.0 Å². The Hall–Kier alpha value is -2.24. The molecule has 0 saturated heterocycles. The largest absolute Gasteiger partial charge is 0.493 e. The van der Waals surface area contributed by atoms with E-state index in [1.807, 2.05) is 0 Å². The van der Waals surface area contributed by atoms with Crippen LogP contribution in [0.4, 0.5) is 0 Å². The zero-order valence-corrected chi connectivity index (χ0v) is 10.2. The number of aliphatic carboxylic acids is 1. The van der Waals surface area contributed by atoms with Crippen LogP contribution in [0, 0.1) is 0 Å². The Balaban J connectivity index is 2.88. The van der Waals surface area contributed by atoms with Gasteiger partial charge in [-0.15, -0.1) is 0 Å². The molecule has 0 heterocycles. The molecule has 6 nitrogen and oxygen atoms in total. The number of carboxylic acid groups (broad SMARTS) is 1. The van der Waals surface area contributed by atoms with Crippen LogP contribution in [0.3, 0.4) is 0 Å². The van der Waals surface area contributed by atoms with E-state index >= 15 is 0 Å². The average molecular weight is 253 g/mol. The molecular weight excluding hydrogens is 238 g/mol. The van der Waals surface area contributed by atoms with Gasteiger partial charge in [0.2, 0.25) is 5.91 Å². The number of nitrogens with two attached hydrogens (primary N) is 1. The maximum absolute atomic E-state index is 11.0. The third-order valence-corrected chi connectivity index (χ3v) is 2.24. The highest BCUT2D eigenvalue weighted by Crippen LogP contribution is 2.29. The molecule has 0 aliphatic rings. The lowest BCUT2D eigenvalue weighted by Gasteiger charge is -2.15.